The zero-order valence-corrected chi connectivity index (χ0v) is 15.4. The molecule has 28 heavy (non-hydrogen) atoms. The van der Waals surface area contributed by atoms with Gasteiger partial charge in [-0.15, -0.1) is 0 Å². The molecular weight excluding hydrogens is 358 g/mol. The minimum absolute atomic E-state index is 0.145. The molecule has 0 bridgehead atoms. The van der Waals surface area contributed by atoms with Crippen molar-refractivity contribution in [1.29, 1.82) is 0 Å². The smallest absolute Gasteiger partial charge is 0.293 e. The normalized spacial score (nSPS) is 10.2. The summed E-state index contributed by atoms with van der Waals surface area (Å²) in [6, 6.07) is 19.3. The Morgan fingerprint density at radius 3 is 1.93 bits per heavy atom. The monoisotopic (exact) mass is 377 g/mol. The maximum Gasteiger partial charge on any atom is 0.293 e. The number of benzene rings is 3. The quantitative estimate of drug-likeness (QED) is 0.330. The van der Waals surface area contributed by atoms with Crippen LogP contribution in [0.25, 0.3) is 0 Å². The number of Topliss-reactive ketones (excluding diaryl/α,β-unsaturated/α-hetero) is 1. The van der Waals surface area contributed by atoms with Gasteiger partial charge >= 0.3 is 0 Å². The van der Waals surface area contributed by atoms with Gasteiger partial charge in [0.15, 0.2) is 5.78 Å². The standard InChI is InChI=1S/C21H19N3O4/c1-14(25)15-3-12-20(21(13-15)24(26)27)23-18-6-4-16(5-7-18)22-17-8-10-19(28-2)11-9-17/h3-13,22-23H,1-2H3. The molecule has 0 aliphatic rings. The van der Waals surface area contributed by atoms with Gasteiger partial charge in [-0.3, -0.25) is 14.9 Å². The first-order chi connectivity index (χ1) is 13.5. The van der Waals surface area contributed by atoms with E-state index in [9.17, 15) is 14.9 Å². The van der Waals surface area contributed by atoms with E-state index in [0.29, 0.717) is 16.9 Å². The van der Waals surface area contributed by atoms with Crippen molar-refractivity contribution in [1.82, 2.24) is 0 Å². The van der Waals surface area contributed by atoms with Gasteiger partial charge in [-0.05, 0) is 67.6 Å². The molecule has 0 spiro atoms. The van der Waals surface area contributed by atoms with Crippen LogP contribution in [-0.4, -0.2) is 17.8 Å². The van der Waals surface area contributed by atoms with Crippen molar-refractivity contribution in [2.45, 2.75) is 6.92 Å². The highest BCUT2D eigenvalue weighted by Gasteiger charge is 2.16. The van der Waals surface area contributed by atoms with Gasteiger partial charge < -0.3 is 15.4 Å². The minimum Gasteiger partial charge on any atom is -0.497 e. The van der Waals surface area contributed by atoms with Crippen molar-refractivity contribution in [2.75, 3.05) is 17.7 Å². The molecule has 3 aromatic carbocycles. The predicted molar refractivity (Wildman–Crippen MR) is 109 cm³/mol. The Kier molecular flexibility index (Phi) is 5.55. The lowest BCUT2D eigenvalue weighted by Crippen LogP contribution is -2.00. The molecule has 2 N–H and O–H groups in total. The SMILES string of the molecule is COc1ccc(Nc2ccc(Nc3ccc(C(C)=O)cc3[N+](=O)[O-])cc2)cc1. The molecular formula is C21H19N3O4. The van der Waals surface area contributed by atoms with Crippen molar-refractivity contribution in [3.05, 3.63) is 82.4 Å². The molecule has 3 aromatic rings. The number of hydrogen-bond donors (Lipinski definition) is 2. The molecule has 0 unspecified atom stereocenters. The lowest BCUT2D eigenvalue weighted by atomic mass is 10.1. The molecule has 0 saturated carbocycles. The van der Waals surface area contributed by atoms with Crippen LogP contribution in [0.5, 0.6) is 5.75 Å². The fourth-order valence-electron chi connectivity index (χ4n) is 2.64. The molecule has 3 rings (SSSR count). The number of rotatable bonds is 7. The van der Waals surface area contributed by atoms with Crippen LogP contribution in [0.2, 0.25) is 0 Å². The Hall–Kier alpha value is -3.87. The molecule has 0 amide bonds. The first-order valence-electron chi connectivity index (χ1n) is 8.54. The lowest BCUT2D eigenvalue weighted by Gasteiger charge is -2.10. The Labute approximate surface area is 162 Å². The molecule has 0 atom stereocenters. The Morgan fingerprint density at radius 1 is 0.893 bits per heavy atom. The van der Waals surface area contributed by atoms with Crippen molar-refractivity contribution in [2.24, 2.45) is 0 Å². The molecule has 7 nitrogen and oxygen atoms in total. The Bertz CT molecular complexity index is 999. The van der Waals surface area contributed by atoms with Crippen LogP contribution in [0.1, 0.15) is 17.3 Å². The number of anilines is 4. The minimum atomic E-state index is -0.506. The second-order valence-corrected chi connectivity index (χ2v) is 6.10. The highest BCUT2D eigenvalue weighted by atomic mass is 16.6. The Morgan fingerprint density at radius 2 is 1.43 bits per heavy atom. The third-order valence-electron chi connectivity index (χ3n) is 4.14. The number of nitro benzene ring substituents is 1. The van der Waals surface area contributed by atoms with Crippen LogP contribution in [0.15, 0.2) is 66.7 Å². The molecule has 0 fully saturated rings. The fraction of sp³-hybridized carbons (Fsp3) is 0.0952. The summed E-state index contributed by atoms with van der Waals surface area (Å²) in [7, 11) is 1.62. The van der Waals surface area contributed by atoms with Crippen LogP contribution in [0.4, 0.5) is 28.4 Å². The maximum atomic E-state index is 11.5. The average molecular weight is 377 g/mol. The number of ketones is 1. The van der Waals surface area contributed by atoms with E-state index in [0.717, 1.165) is 17.1 Å². The summed E-state index contributed by atoms with van der Waals surface area (Å²) >= 11 is 0. The van der Waals surface area contributed by atoms with E-state index in [1.54, 1.807) is 19.2 Å². The lowest BCUT2D eigenvalue weighted by molar-refractivity contribution is -0.383. The van der Waals surface area contributed by atoms with E-state index < -0.39 is 4.92 Å². The number of nitrogens with one attached hydrogen (secondary N) is 2. The van der Waals surface area contributed by atoms with Gasteiger partial charge in [0.1, 0.15) is 11.4 Å². The van der Waals surface area contributed by atoms with Gasteiger partial charge in [0.2, 0.25) is 0 Å². The zero-order valence-electron chi connectivity index (χ0n) is 15.4. The van der Waals surface area contributed by atoms with Crippen molar-refractivity contribution in [3.8, 4) is 5.75 Å². The van der Waals surface area contributed by atoms with E-state index in [4.69, 9.17) is 4.74 Å². The largest absolute Gasteiger partial charge is 0.497 e. The molecule has 0 aliphatic carbocycles. The van der Waals surface area contributed by atoms with E-state index >= 15 is 0 Å². The van der Waals surface area contributed by atoms with Gasteiger partial charge in [0.25, 0.3) is 5.69 Å². The van der Waals surface area contributed by atoms with Crippen LogP contribution in [0, 0.1) is 10.1 Å². The summed E-state index contributed by atoms with van der Waals surface area (Å²) in [5.41, 5.74) is 2.96. The molecule has 0 saturated heterocycles. The Balaban J connectivity index is 1.75. The number of ether oxygens (including phenoxy) is 1. The molecule has 0 aliphatic heterocycles. The summed E-state index contributed by atoms with van der Waals surface area (Å²) in [5, 5.41) is 17.6. The zero-order chi connectivity index (χ0) is 20.1. The van der Waals surface area contributed by atoms with E-state index in [1.807, 2.05) is 48.5 Å². The number of nitrogens with zero attached hydrogens (tertiary/aromatic N) is 1. The molecule has 142 valence electrons. The summed E-state index contributed by atoms with van der Waals surface area (Å²) in [4.78, 5) is 22.3. The maximum absolute atomic E-state index is 11.5. The van der Waals surface area contributed by atoms with Crippen LogP contribution >= 0.6 is 0 Å². The number of carbonyl (C=O) groups excluding carboxylic acids is 1. The third-order valence-corrected chi connectivity index (χ3v) is 4.14. The van der Waals surface area contributed by atoms with Crippen LogP contribution < -0.4 is 15.4 Å². The molecule has 7 heteroatoms. The third kappa shape index (κ3) is 4.45. The van der Waals surface area contributed by atoms with Gasteiger partial charge in [0.05, 0.1) is 12.0 Å². The van der Waals surface area contributed by atoms with E-state index in [2.05, 4.69) is 10.6 Å². The van der Waals surface area contributed by atoms with Crippen LogP contribution in [-0.2, 0) is 0 Å². The van der Waals surface area contributed by atoms with Crippen molar-refractivity contribution >= 4 is 34.2 Å². The van der Waals surface area contributed by atoms with Crippen molar-refractivity contribution < 1.29 is 14.5 Å². The van der Waals surface area contributed by atoms with Crippen molar-refractivity contribution in [3.63, 3.8) is 0 Å². The topological polar surface area (TPSA) is 93.5 Å². The second kappa shape index (κ2) is 8.22. The van der Waals surface area contributed by atoms with Gasteiger partial charge in [-0.1, -0.05) is 0 Å². The average Bonchev–Trinajstić information content (AvgIpc) is 2.70. The summed E-state index contributed by atoms with van der Waals surface area (Å²) in [5.74, 6) is 0.561. The highest BCUT2D eigenvalue weighted by molar-refractivity contribution is 5.95. The number of carbonyl (C=O) groups is 1. The van der Waals surface area contributed by atoms with Crippen LogP contribution in [0.3, 0.4) is 0 Å². The second-order valence-electron chi connectivity index (χ2n) is 6.10. The number of nitro groups is 1. The number of methoxy groups -OCH3 is 1. The predicted octanol–water partition coefficient (Wildman–Crippen LogP) is 5.29. The first-order valence-corrected chi connectivity index (χ1v) is 8.54. The number of hydrogen-bond acceptors (Lipinski definition) is 6. The first kappa shape index (κ1) is 18.9. The van der Waals surface area contributed by atoms with Gasteiger partial charge in [-0.2, -0.15) is 0 Å². The highest BCUT2D eigenvalue weighted by Crippen LogP contribution is 2.30. The van der Waals surface area contributed by atoms with E-state index in [-0.39, 0.29) is 11.5 Å². The van der Waals surface area contributed by atoms with Gasteiger partial charge in [-0.25, -0.2) is 0 Å². The summed E-state index contributed by atoms with van der Waals surface area (Å²) in [6.45, 7) is 1.38. The molecule has 0 aromatic heterocycles. The molecule has 0 heterocycles. The van der Waals surface area contributed by atoms with E-state index in [1.165, 1.54) is 13.0 Å². The molecule has 0 radical (unpaired) electrons. The fourth-order valence-corrected chi connectivity index (χ4v) is 2.64. The summed E-state index contributed by atoms with van der Waals surface area (Å²) < 4.78 is 5.14. The van der Waals surface area contributed by atoms with Gasteiger partial charge in [0, 0.05) is 28.7 Å². The summed E-state index contributed by atoms with van der Waals surface area (Å²) in [6.07, 6.45) is 0.